The third-order valence-electron chi connectivity index (χ3n) is 5.08. The molecule has 0 unspecified atom stereocenters. The van der Waals surface area contributed by atoms with Gasteiger partial charge in [-0.05, 0) is 88.9 Å². The SMILES string of the molecule is C/C(=N\c1c(C)cc(C)cc1C)c1cccc(/C(C)=N/c2c(C)cc(C)cc2Cl)n1. The fourth-order valence-electron chi connectivity index (χ4n) is 3.69. The van der Waals surface area contributed by atoms with E-state index >= 15 is 0 Å². The van der Waals surface area contributed by atoms with E-state index in [4.69, 9.17) is 26.6 Å². The zero-order chi connectivity index (χ0) is 22.0. The van der Waals surface area contributed by atoms with E-state index < -0.39 is 0 Å². The number of nitrogens with zero attached hydrogens (tertiary/aromatic N) is 3. The van der Waals surface area contributed by atoms with Gasteiger partial charge in [0.05, 0.1) is 39.2 Å². The number of halogens is 1. The van der Waals surface area contributed by atoms with Gasteiger partial charge in [0.15, 0.2) is 0 Å². The van der Waals surface area contributed by atoms with Crippen molar-refractivity contribution >= 4 is 34.4 Å². The van der Waals surface area contributed by atoms with E-state index in [0.717, 1.165) is 45.3 Å². The Hall–Kier alpha value is -2.78. The van der Waals surface area contributed by atoms with Gasteiger partial charge in [-0.3, -0.25) is 4.99 Å². The maximum absolute atomic E-state index is 6.43. The van der Waals surface area contributed by atoms with E-state index in [-0.39, 0.29) is 0 Å². The Kier molecular flexibility index (Phi) is 6.52. The third kappa shape index (κ3) is 4.85. The molecule has 1 aromatic heterocycles. The standard InChI is InChI=1S/C26H28ClN3/c1-15-11-17(3)25(18(4)12-15)28-20(6)23-9-8-10-24(30-23)21(7)29-26-19(5)13-16(2)14-22(26)27/h8-14H,1-7H3/b28-20+,29-21+. The summed E-state index contributed by atoms with van der Waals surface area (Å²) in [4.78, 5) is 14.5. The van der Waals surface area contributed by atoms with Gasteiger partial charge in [-0.1, -0.05) is 41.4 Å². The number of hydrogen-bond acceptors (Lipinski definition) is 3. The molecule has 3 aromatic rings. The summed E-state index contributed by atoms with van der Waals surface area (Å²) in [5, 5.41) is 0.658. The molecule has 4 heteroatoms. The van der Waals surface area contributed by atoms with Crippen LogP contribution in [0.15, 0.2) is 52.4 Å². The highest BCUT2D eigenvalue weighted by atomic mass is 35.5. The van der Waals surface area contributed by atoms with E-state index in [9.17, 15) is 0 Å². The van der Waals surface area contributed by atoms with Crippen LogP contribution < -0.4 is 0 Å². The monoisotopic (exact) mass is 417 g/mol. The Morgan fingerprint density at radius 1 is 0.700 bits per heavy atom. The Bertz CT molecular complexity index is 1040. The van der Waals surface area contributed by atoms with Crippen molar-refractivity contribution in [3.63, 3.8) is 0 Å². The summed E-state index contributed by atoms with van der Waals surface area (Å²) >= 11 is 6.43. The van der Waals surface area contributed by atoms with Crippen LogP contribution in [0.4, 0.5) is 11.4 Å². The Labute approximate surface area is 184 Å². The fraction of sp³-hybridized carbons (Fsp3) is 0.269. The highest BCUT2D eigenvalue weighted by molar-refractivity contribution is 6.33. The van der Waals surface area contributed by atoms with Gasteiger partial charge >= 0.3 is 0 Å². The van der Waals surface area contributed by atoms with Gasteiger partial charge in [0.1, 0.15) is 0 Å². The maximum Gasteiger partial charge on any atom is 0.0849 e. The largest absolute Gasteiger partial charge is 0.251 e. The van der Waals surface area contributed by atoms with Gasteiger partial charge in [-0.25, -0.2) is 9.98 Å². The van der Waals surface area contributed by atoms with Crippen molar-refractivity contribution in [1.29, 1.82) is 0 Å². The molecule has 1 heterocycles. The first-order chi connectivity index (χ1) is 14.2. The Balaban J connectivity index is 1.99. The third-order valence-corrected chi connectivity index (χ3v) is 5.37. The Morgan fingerprint density at radius 3 is 1.63 bits per heavy atom. The quantitative estimate of drug-likeness (QED) is 0.403. The van der Waals surface area contributed by atoms with Crippen molar-refractivity contribution in [1.82, 2.24) is 4.98 Å². The topological polar surface area (TPSA) is 37.6 Å². The van der Waals surface area contributed by atoms with Crippen molar-refractivity contribution in [2.45, 2.75) is 48.5 Å². The molecule has 0 atom stereocenters. The summed E-state index contributed by atoms with van der Waals surface area (Å²) in [7, 11) is 0. The predicted molar refractivity (Wildman–Crippen MR) is 130 cm³/mol. The summed E-state index contributed by atoms with van der Waals surface area (Å²) < 4.78 is 0. The number of rotatable bonds is 4. The lowest BCUT2D eigenvalue weighted by Crippen LogP contribution is -2.05. The second-order valence-corrected chi connectivity index (χ2v) is 8.37. The molecule has 0 aliphatic heterocycles. The van der Waals surface area contributed by atoms with Gasteiger partial charge in [0.25, 0.3) is 0 Å². The molecule has 0 aliphatic carbocycles. The number of aliphatic imine (C=N–C) groups is 2. The number of aromatic nitrogens is 1. The highest BCUT2D eigenvalue weighted by Gasteiger charge is 2.09. The van der Waals surface area contributed by atoms with Crippen LogP contribution in [-0.2, 0) is 0 Å². The van der Waals surface area contributed by atoms with Crippen molar-refractivity contribution in [3.05, 3.63) is 86.7 Å². The molecule has 30 heavy (non-hydrogen) atoms. The van der Waals surface area contributed by atoms with Crippen LogP contribution in [0.5, 0.6) is 0 Å². The molecule has 0 bridgehead atoms. The molecule has 0 aliphatic rings. The summed E-state index contributed by atoms with van der Waals surface area (Å²) in [6.07, 6.45) is 0. The number of hydrogen-bond donors (Lipinski definition) is 0. The van der Waals surface area contributed by atoms with E-state index in [1.54, 1.807) is 0 Å². The van der Waals surface area contributed by atoms with E-state index in [1.165, 1.54) is 16.7 Å². The first-order valence-electron chi connectivity index (χ1n) is 10.1. The molecule has 0 saturated carbocycles. The van der Waals surface area contributed by atoms with Gasteiger partial charge < -0.3 is 0 Å². The average molecular weight is 418 g/mol. The van der Waals surface area contributed by atoms with Crippen LogP contribution in [-0.4, -0.2) is 16.4 Å². The zero-order valence-electron chi connectivity index (χ0n) is 18.8. The summed E-state index contributed by atoms with van der Waals surface area (Å²) in [5.41, 5.74) is 10.9. The van der Waals surface area contributed by atoms with E-state index in [0.29, 0.717) is 5.02 Å². The molecule has 2 aromatic carbocycles. The van der Waals surface area contributed by atoms with Crippen molar-refractivity contribution in [2.24, 2.45) is 9.98 Å². The molecule has 0 saturated heterocycles. The maximum atomic E-state index is 6.43. The fourth-order valence-corrected chi connectivity index (χ4v) is 4.05. The van der Waals surface area contributed by atoms with Gasteiger partial charge in [0.2, 0.25) is 0 Å². The second kappa shape index (κ2) is 8.93. The number of aryl methyl sites for hydroxylation is 5. The lowest BCUT2D eigenvalue weighted by atomic mass is 10.1. The van der Waals surface area contributed by atoms with Crippen LogP contribution >= 0.6 is 11.6 Å². The molecule has 0 spiro atoms. The molecule has 0 fully saturated rings. The molecule has 154 valence electrons. The van der Waals surface area contributed by atoms with Gasteiger partial charge in [-0.2, -0.15) is 0 Å². The normalized spacial score (nSPS) is 12.4. The van der Waals surface area contributed by atoms with Crippen molar-refractivity contribution in [2.75, 3.05) is 0 Å². The molecule has 0 N–H and O–H groups in total. The summed E-state index contributed by atoms with van der Waals surface area (Å²) in [5.74, 6) is 0. The van der Waals surface area contributed by atoms with Gasteiger partial charge in [0, 0.05) is 0 Å². The van der Waals surface area contributed by atoms with Crippen LogP contribution in [0.3, 0.4) is 0 Å². The van der Waals surface area contributed by atoms with Crippen LogP contribution in [0.1, 0.15) is 53.1 Å². The minimum Gasteiger partial charge on any atom is -0.251 e. The summed E-state index contributed by atoms with van der Waals surface area (Å²) in [6, 6.07) is 14.3. The smallest absolute Gasteiger partial charge is 0.0849 e. The first-order valence-corrected chi connectivity index (χ1v) is 10.5. The first kappa shape index (κ1) is 21.9. The number of benzene rings is 2. The molecule has 0 radical (unpaired) electrons. The average Bonchev–Trinajstić information content (AvgIpc) is 2.67. The minimum atomic E-state index is 0.658. The predicted octanol–water partition coefficient (Wildman–Crippen LogP) is 7.56. The molecule has 3 nitrogen and oxygen atoms in total. The van der Waals surface area contributed by atoms with E-state index in [1.807, 2.05) is 52.0 Å². The molecule has 3 rings (SSSR count). The van der Waals surface area contributed by atoms with E-state index in [2.05, 4.69) is 39.0 Å². The zero-order valence-corrected chi connectivity index (χ0v) is 19.5. The Morgan fingerprint density at radius 2 is 1.13 bits per heavy atom. The van der Waals surface area contributed by atoms with Crippen LogP contribution in [0.2, 0.25) is 5.02 Å². The van der Waals surface area contributed by atoms with Gasteiger partial charge in [-0.15, -0.1) is 0 Å². The van der Waals surface area contributed by atoms with Crippen molar-refractivity contribution in [3.8, 4) is 0 Å². The summed E-state index contributed by atoms with van der Waals surface area (Å²) in [6.45, 7) is 14.3. The molecule has 0 amide bonds. The lowest BCUT2D eigenvalue weighted by Gasteiger charge is -2.10. The highest BCUT2D eigenvalue weighted by Crippen LogP contribution is 2.31. The lowest BCUT2D eigenvalue weighted by molar-refractivity contribution is 1.22. The second-order valence-electron chi connectivity index (χ2n) is 7.96. The minimum absolute atomic E-state index is 0.658. The molecular weight excluding hydrogens is 390 g/mol. The molecular formula is C26H28ClN3. The van der Waals surface area contributed by atoms with Crippen LogP contribution in [0, 0.1) is 34.6 Å². The van der Waals surface area contributed by atoms with Crippen molar-refractivity contribution < 1.29 is 0 Å². The number of pyridine rings is 1. The van der Waals surface area contributed by atoms with Crippen LogP contribution in [0.25, 0.3) is 0 Å².